The summed E-state index contributed by atoms with van der Waals surface area (Å²) >= 11 is 0. The molecule has 0 fully saturated rings. The molecular formula is C18H18N4O2. The third-order valence-corrected chi connectivity index (χ3v) is 3.96. The number of amides is 1. The first kappa shape index (κ1) is 15.7. The van der Waals surface area contributed by atoms with E-state index in [1.54, 1.807) is 31.5 Å². The van der Waals surface area contributed by atoms with Crippen LogP contribution in [0, 0.1) is 20.8 Å². The third-order valence-electron chi connectivity index (χ3n) is 3.96. The number of aromatic amines is 1. The molecule has 1 amide bonds. The molecule has 2 N–H and O–H groups in total. The summed E-state index contributed by atoms with van der Waals surface area (Å²) in [5.41, 5.74) is 4.03. The Morgan fingerprint density at radius 2 is 1.79 bits per heavy atom. The van der Waals surface area contributed by atoms with Crippen molar-refractivity contribution in [3.63, 3.8) is 0 Å². The summed E-state index contributed by atoms with van der Waals surface area (Å²) < 4.78 is 1.98. The monoisotopic (exact) mass is 322 g/mol. The highest BCUT2D eigenvalue weighted by atomic mass is 16.2. The predicted octanol–water partition coefficient (Wildman–Crippen LogP) is 2.74. The van der Waals surface area contributed by atoms with E-state index in [1.165, 1.54) is 6.07 Å². The van der Waals surface area contributed by atoms with Crippen molar-refractivity contribution in [3.8, 4) is 5.69 Å². The SMILES string of the molecule is Cc1ccc(C(=O)Nc2ccc(-n3cnc(C)c3C)cc2)c(=O)[nH]1. The summed E-state index contributed by atoms with van der Waals surface area (Å²) in [4.78, 5) is 30.9. The van der Waals surface area contributed by atoms with Crippen molar-refractivity contribution >= 4 is 11.6 Å². The van der Waals surface area contributed by atoms with Gasteiger partial charge in [0, 0.05) is 22.8 Å². The highest BCUT2D eigenvalue weighted by Crippen LogP contribution is 2.17. The molecule has 122 valence electrons. The number of rotatable bonds is 3. The minimum absolute atomic E-state index is 0.0887. The zero-order valence-corrected chi connectivity index (χ0v) is 13.8. The Morgan fingerprint density at radius 3 is 2.38 bits per heavy atom. The van der Waals surface area contributed by atoms with Crippen molar-refractivity contribution in [1.29, 1.82) is 0 Å². The van der Waals surface area contributed by atoms with Crippen LogP contribution < -0.4 is 10.9 Å². The molecule has 0 aliphatic rings. The van der Waals surface area contributed by atoms with E-state index in [-0.39, 0.29) is 5.56 Å². The molecule has 0 bridgehead atoms. The molecule has 0 aliphatic heterocycles. The number of hydrogen-bond donors (Lipinski definition) is 2. The normalized spacial score (nSPS) is 10.6. The maximum absolute atomic E-state index is 12.2. The Bertz CT molecular complexity index is 952. The number of nitrogens with zero attached hydrogens (tertiary/aromatic N) is 2. The molecule has 0 radical (unpaired) electrons. The minimum atomic E-state index is -0.432. The van der Waals surface area contributed by atoms with Crippen LogP contribution in [0.3, 0.4) is 0 Å². The number of hydrogen-bond acceptors (Lipinski definition) is 3. The second-order valence-electron chi connectivity index (χ2n) is 5.67. The molecule has 3 rings (SSSR count). The van der Waals surface area contributed by atoms with Gasteiger partial charge in [-0.15, -0.1) is 0 Å². The predicted molar refractivity (Wildman–Crippen MR) is 92.8 cm³/mol. The number of benzene rings is 1. The number of nitrogens with one attached hydrogen (secondary N) is 2. The number of carbonyl (C=O) groups excluding carboxylic acids is 1. The van der Waals surface area contributed by atoms with Crippen LogP contribution in [0.4, 0.5) is 5.69 Å². The fourth-order valence-corrected chi connectivity index (χ4v) is 2.41. The molecule has 0 spiro atoms. The molecular weight excluding hydrogens is 304 g/mol. The Labute approximate surface area is 139 Å². The van der Waals surface area contributed by atoms with Crippen molar-refractivity contribution in [2.45, 2.75) is 20.8 Å². The van der Waals surface area contributed by atoms with E-state index in [0.29, 0.717) is 11.4 Å². The fraction of sp³-hybridized carbons (Fsp3) is 0.167. The fourth-order valence-electron chi connectivity index (χ4n) is 2.41. The van der Waals surface area contributed by atoms with Crippen LogP contribution in [0.2, 0.25) is 0 Å². The Balaban J connectivity index is 1.80. The van der Waals surface area contributed by atoms with E-state index >= 15 is 0 Å². The van der Waals surface area contributed by atoms with Crippen LogP contribution in [-0.2, 0) is 0 Å². The first-order valence-electron chi connectivity index (χ1n) is 7.58. The van der Waals surface area contributed by atoms with Gasteiger partial charge in [0.15, 0.2) is 0 Å². The van der Waals surface area contributed by atoms with Gasteiger partial charge in [-0.1, -0.05) is 0 Å². The molecule has 2 heterocycles. The summed E-state index contributed by atoms with van der Waals surface area (Å²) in [6.07, 6.45) is 1.77. The van der Waals surface area contributed by atoms with Crippen LogP contribution >= 0.6 is 0 Å². The molecule has 3 aromatic rings. The lowest BCUT2D eigenvalue weighted by Crippen LogP contribution is -2.23. The van der Waals surface area contributed by atoms with Gasteiger partial charge in [-0.05, 0) is 57.2 Å². The summed E-state index contributed by atoms with van der Waals surface area (Å²) in [6.45, 7) is 5.73. The lowest BCUT2D eigenvalue weighted by Gasteiger charge is -2.08. The number of anilines is 1. The van der Waals surface area contributed by atoms with Crippen molar-refractivity contribution < 1.29 is 4.79 Å². The number of aromatic nitrogens is 3. The Kier molecular flexibility index (Phi) is 4.04. The molecule has 0 atom stereocenters. The molecule has 2 aromatic heterocycles. The van der Waals surface area contributed by atoms with E-state index in [9.17, 15) is 9.59 Å². The van der Waals surface area contributed by atoms with Gasteiger partial charge in [0.2, 0.25) is 0 Å². The first-order valence-corrected chi connectivity index (χ1v) is 7.58. The second kappa shape index (κ2) is 6.16. The highest BCUT2D eigenvalue weighted by Gasteiger charge is 2.11. The quantitative estimate of drug-likeness (QED) is 0.778. The zero-order valence-electron chi connectivity index (χ0n) is 13.8. The average molecular weight is 322 g/mol. The van der Waals surface area contributed by atoms with Crippen molar-refractivity contribution in [2.24, 2.45) is 0 Å². The molecule has 0 unspecified atom stereocenters. The largest absolute Gasteiger partial charge is 0.326 e. The Hall–Kier alpha value is -3.15. The molecule has 0 saturated carbocycles. The van der Waals surface area contributed by atoms with Crippen LogP contribution in [-0.4, -0.2) is 20.4 Å². The van der Waals surface area contributed by atoms with Gasteiger partial charge >= 0.3 is 0 Å². The number of H-pyrrole nitrogens is 1. The van der Waals surface area contributed by atoms with Gasteiger partial charge in [0.1, 0.15) is 5.56 Å². The average Bonchev–Trinajstić information content (AvgIpc) is 2.87. The van der Waals surface area contributed by atoms with Gasteiger partial charge in [-0.25, -0.2) is 4.98 Å². The number of aryl methyl sites for hydroxylation is 2. The summed E-state index contributed by atoms with van der Waals surface area (Å²) in [6, 6.07) is 10.6. The van der Waals surface area contributed by atoms with Crippen LogP contribution in [0.1, 0.15) is 27.4 Å². The third kappa shape index (κ3) is 2.99. The first-order chi connectivity index (χ1) is 11.5. The van der Waals surface area contributed by atoms with E-state index in [0.717, 1.165) is 17.1 Å². The zero-order chi connectivity index (χ0) is 17.3. The van der Waals surface area contributed by atoms with Gasteiger partial charge < -0.3 is 14.9 Å². The number of carbonyl (C=O) groups is 1. The van der Waals surface area contributed by atoms with Gasteiger partial charge in [-0.2, -0.15) is 0 Å². The maximum Gasteiger partial charge on any atom is 0.261 e. The van der Waals surface area contributed by atoms with Gasteiger partial charge in [0.25, 0.3) is 11.5 Å². The van der Waals surface area contributed by atoms with Crippen LogP contribution in [0.25, 0.3) is 5.69 Å². The molecule has 0 aliphatic carbocycles. The molecule has 24 heavy (non-hydrogen) atoms. The minimum Gasteiger partial charge on any atom is -0.326 e. The van der Waals surface area contributed by atoms with E-state index in [1.807, 2.05) is 30.5 Å². The topological polar surface area (TPSA) is 79.8 Å². The lowest BCUT2D eigenvalue weighted by molar-refractivity contribution is 0.102. The lowest BCUT2D eigenvalue weighted by atomic mass is 10.2. The second-order valence-corrected chi connectivity index (χ2v) is 5.67. The highest BCUT2D eigenvalue weighted by molar-refractivity contribution is 6.04. The van der Waals surface area contributed by atoms with Crippen molar-refractivity contribution in [1.82, 2.24) is 14.5 Å². The van der Waals surface area contributed by atoms with Gasteiger partial charge in [-0.3, -0.25) is 9.59 Å². The van der Waals surface area contributed by atoms with E-state index in [4.69, 9.17) is 0 Å². The van der Waals surface area contributed by atoms with E-state index in [2.05, 4.69) is 15.3 Å². The number of pyridine rings is 1. The molecule has 6 heteroatoms. The number of imidazole rings is 1. The smallest absolute Gasteiger partial charge is 0.261 e. The van der Waals surface area contributed by atoms with Crippen LogP contribution in [0.5, 0.6) is 0 Å². The Morgan fingerprint density at radius 1 is 1.08 bits per heavy atom. The summed E-state index contributed by atoms with van der Waals surface area (Å²) in [5, 5.41) is 2.73. The van der Waals surface area contributed by atoms with Crippen LogP contribution in [0.15, 0.2) is 47.5 Å². The molecule has 6 nitrogen and oxygen atoms in total. The summed E-state index contributed by atoms with van der Waals surface area (Å²) in [7, 11) is 0. The van der Waals surface area contributed by atoms with Crippen molar-refractivity contribution in [2.75, 3.05) is 5.32 Å². The van der Waals surface area contributed by atoms with Crippen molar-refractivity contribution in [3.05, 3.63) is 75.7 Å². The van der Waals surface area contributed by atoms with Gasteiger partial charge in [0.05, 0.1) is 12.0 Å². The van der Waals surface area contributed by atoms with E-state index < -0.39 is 11.5 Å². The molecule has 1 aromatic carbocycles. The maximum atomic E-state index is 12.2. The molecule has 0 saturated heterocycles. The summed E-state index contributed by atoms with van der Waals surface area (Å²) in [5.74, 6) is -0.432. The standard InChI is InChI=1S/C18H18N4O2/c1-11-4-9-16(17(23)20-11)18(24)21-14-5-7-15(8-6-14)22-10-19-12(2)13(22)3/h4-10H,1-3H3,(H,20,23)(H,21,24).